The number of carbonyl (C=O) groups is 2. The number of aliphatic carboxylic acids is 1. The minimum atomic E-state index is -4.72. The Labute approximate surface area is 219 Å². The van der Waals surface area contributed by atoms with Crippen molar-refractivity contribution in [3.63, 3.8) is 0 Å². The summed E-state index contributed by atoms with van der Waals surface area (Å²) in [6.07, 6.45) is 3.69. The summed E-state index contributed by atoms with van der Waals surface area (Å²) in [7, 11) is -4.72. The molecule has 4 rings (SSSR count). The SMILES string of the molecule is C[C@H](CCC(=O)NCC(=O)O)[C@H]1CC[C@H]2[C@@H]3[C@H](O)C[C@@H]4C[C@H](O)CC[C@]4(C)[C@H]3C[C@H](OS(=O)(=O)O)[C@]12C. The Kier molecular flexibility index (Phi) is 8.05. The predicted molar refractivity (Wildman–Crippen MR) is 133 cm³/mol. The molecule has 37 heavy (non-hydrogen) atoms. The maximum Gasteiger partial charge on any atom is 0.397 e. The molecule has 0 heterocycles. The van der Waals surface area contributed by atoms with E-state index in [1.165, 1.54) is 0 Å². The van der Waals surface area contributed by atoms with Crippen LogP contribution in [-0.2, 0) is 24.2 Å². The molecule has 0 saturated heterocycles. The van der Waals surface area contributed by atoms with E-state index in [4.69, 9.17) is 9.29 Å². The number of aliphatic hydroxyl groups excluding tert-OH is 2. The van der Waals surface area contributed by atoms with Crippen molar-refractivity contribution >= 4 is 22.3 Å². The van der Waals surface area contributed by atoms with Gasteiger partial charge in [0, 0.05) is 11.8 Å². The van der Waals surface area contributed by atoms with E-state index in [0.29, 0.717) is 32.1 Å². The van der Waals surface area contributed by atoms with Crippen LogP contribution in [0.3, 0.4) is 0 Å². The predicted octanol–water partition coefficient (Wildman–Crippen LogP) is 2.39. The summed E-state index contributed by atoms with van der Waals surface area (Å²) in [5, 5.41) is 32.9. The van der Waals surface area contributed by atoms with Crippen molar-refractivity contribution in [1.29, 1.82) is 0 Å². The summed E-state index contributed by atoms with van der Waals surface area (Å²) in [5.41, 5.74) is -0.788. The van der Waals surface area contributed by atoms with Crippen molar-refractivity contribution in [2.45, 2.75) is 96.9 Å². The third-order valence-electron chi connectivity index (χ3n) is 11.0. The van der Waals surface area contributed by atoms with Gasteiger partial charge in [0.15, 0.2) is 0 Å². The van der Waals surface area contributed by atoms with Crippen LogP contribution in [0.15, 0.2) is 0 Å². The summed E-state index contributed by atoms with van der Waals surface area (Å²) in [5.74, 6) is -1.32. The summed E-state index contributed by atoms with van der Waals surface area (Å²) >= 11 is 0. The summed E-state index contributed by atoms with van der Waals surface area (Å²) in [6.45, 7) is 5.83. The zero-order valence-corrected chi connectivity index (χ0v) is 22.8. The van der Waals surface area contributed by atoms with Crippen molar-refractivity contribution in [2.75, 3.05) is 6.54 Å². The molecule has 0 aromatic heterocycles. The van der Waals surface area contributed by atoms with Gasteiger partial charge in [-0.05, 0) is 92.3 Å². The summed E-state index contributed by atoms with van der Waals surface area (Å²) in [6, 6.07) is 0. The minimum Gasteiger partial charge on any atom is -0.480 e. The Morgan fingerprint density at radius 2 is 1.78 bits per heavy atom. The first-order valence-electron chi connectivity index (χ1n) is 13.7. The van der Waals surface area contributed by atoms with Crippen LogP contribution in [-0.4, -0.2) is 65.0 Å². The number of aliphatic hydroxyl groups is 2. The number of carboxylic acid groups (broad SMARTS) is 1. The molecule has 10 nitrogen and oxygen atoms in total. The van der Waals surface area contributed by atoms with Crippen LogP contribution in [0.5, 0.6) is 0 Å². The van der Waals surface area contributed by atoms with Crippen LogP contribution < -0.4 is 5.32 Å². The van der Waals surface area contributed by atoms with E-state index in [2.05, 4.69) is 12.2 Å². The summed E-state index contributed by atoms with van der Waals surface area (Å²) < 4.78 is 39.3. The number of hydrogen-bond acceptors (Lipinski definition) is 7. The molecule has 0 aromatic carbocycles. The van der Waals surface area contributed by atoms with Crippen LogP contribution in [0.4, 0.5) is 0 Å². The average molecular weight is 546 g/mol. The first kappa shape index (κ1) is 28.7. The van der Waals surface area contributed by atoms with Gasteiger partial charge in [-0.3, -0.25) is 14.1 Å². The van der Waals surface area contributed by atoms with Crippen molar-refractivity contribution < 1.29 is 42.1 Å². The number of hydrogen-bond donors (Lipinski definition) is 5. The van der Waals surface area contributed by atoms with E-state index in [1.54, 1.807) is 0 Å². The Balaban J connectivity index is 1.61. The van der Waals surface area contributed by atoms with Gasteiger partial charge in [0.1, 0.15) is 6.54 Å². The lowest BCUT2D eigenvalue weighted by atomic mass is 9.43. The van der Waals surface area contributed by atoms with E-state index >= 15 is 0 Å². The number of amides is 1. The van der Waals surface area contributed by atoms with Crippen molar-refractivity contribution in [3.05, 3.63) is 0 Å². The minimum absolute atomic E-state index is 0.00313. The quantitative estimate of drug-likeness (QED) is 0.287. The third-order valence-corrected chi connectivity index (χ3v) is 11.5. The Bertz CT molecular complexity index is 989. The maximum atomic E-state index is 12.1. The lowest BCUT2D eigenvalue weighted by Crippen LogP contribution is -2.63. The van der Waals surface area contributed by atoms with Crippen LogP contribution >= 0.6 is 0 Å². The Morgan fingerprint density at radius 1 is 1.08 bits per heavy atom. The average Bonchev–Trinajstić information content (AvgIpc) is 3.15. The standard InChI is InChI=1S/C26H43NO9S/c1-14(4-7-22(30)27-13-23(31)32)17-5-6-18-24-19(12-21(26(17,18)3)36-37(33,34)35)25(2)9-8-16(28)10-15(25)11-20(24)29/h14-21,24,28-29H,4-13H2,1-3H3,(H,27,30)(H,31,32)(H,33,34,35)/t14-,15+,16-,17-,18+,19+,20-,21+,24+,25+,26-/m1/s1. The van der Waals surface area contributed by atoms with Crippen LogP contribution in [0, 0.1) is 46.3 Å². The van der Waals surface area contributed by atoms with Crippen LogP contribution in [0.2, 0.25) is 0 Å². The number of fused-ring (bicyclic) bond motifs is 5. The lowest BCUT2D eigenvalue weighted by Gasteiger charge is -2.63. The highest BCUT2D eigenvalue weighted by Crippen LogP contribution is 2.69. The Morgan fingerprint density at radius 3 is 2.43 bits per heavy atom. The highest BCUT2D eigenvalue weighted by molar-refractivity contribution is 7.80. The molecule has 0 unspecified atom stereocenters. The third kappa shape index (κ3) is 5.44. The molecule has 4 fully saturated rings. The normalized spacial score (nSPS) is 44.3. The first-order chi connectivity index (χ1) is 17.2. The molecule has 0 aromatic rings. The second-order valence-corrected chi connectivity index (χ2v) is 13.8. The molecule has 212 valence electrons. The highest BCUT2D eigenvalue weighted by Gasteiger charge is 2.66. The first-order valence-corrected chi connectivity index (χ1v) is 15.0. The van der Waals surface area contributed by atoms with Gasteiger partial charge in [0.25, 0.3) is 0 Å². The Hall–Kier alpha value is -1.27. The van der Waals surface area contributed by atoms with Crippen LogP contribution in [0.25, 0.3) is 0 Å². The van der Waals surface area contributed by atoms with Gasteiger partial charge in [0.2, 0.25) is 5.91 Å². The molecule has 0 spiro atoms. The molecule has 0 bridgehead atoms. The fourth-order valence-electron chi connectivity index (χ4n) is 9.22. The molecule has 4 saturated carbocycles. The zero-order chi connectivity index (χ0) is 27.3. The van der Waals surface area contributed by atoms with Gasteiger partial charge in [-0.25, -0.2) is 4.18 Å². The maximum absolute atomic E-state index is 12.1. The van der Waals surface area contributed by atoms with E-state index in [9.17, 15) is 32.8 Å². The molecule has 0 radical (unpaired) electrons. The van der Waals surface area contributed by atoms with E-state index in [1.807, 2.05) is 13.8 Å². The zero-order valence-electron chi connectivity index (χ0n) is 22.0. The van der Waals surface area contributed by atoms with Gasteiger partial charge in [0.05, 0.1) is 18.3 Å². The van der Waals surface area contributed by atoms with Crippen LogP contribution in [0.1, 0.15) is 78.6 Å². The molecule has 4 aliphatic rings. The largest absolute Gasteiger partial charge is 0.480 e. The number of carboxylic acids is 1. The van der Waals surface area contributed by atoms with Gasteiger partial charge in [-0.2, -0.15) is 8.42 Å². The monoisotopic (exact) mass is 545 g/mol. The van der Waals surface area contributed by atoms with Crippen molar-refractivity contribution in [1.82, 2.24) is 5.32 Å². The van der Waals surface area contributed by atoms with Crippen molar-refractivity contribution in [3.8, 4) is 0 Å². The number of carbonyl (C=O) groups excluding carboxylic acids is 1. The molecule has 1 amide bonds. The fourth-order valence-corrected chi connectivity index (χ4v) is 9.80. The molecule has 11 heteroatoms. The second kappa shape index (κ2) is 10.4. The van der Waals surface area contributed by atoms with Crippen molar-refractivity contribution in [2.24, 2.45) is 46.3 Å². The molecule has 11 atom stereocenters. The second-order valence-electron chi connectivity index (χ2n) is 12.7. The molecule has 0 aliphatic heterocycles. The number of nitrogens with one attached hydrogen (secondary N) is 1. The summed E-state index contributed by atoms with van der Waals surface area (Å²) in [4.78, 5) is 22.9. The topological polar surface area (TPSA) is 170 Å². The van der Waals surface area contributed by atoms with Gasteiger partial charge in [-0.1, -0.05) is 20.8 Å². The highest BCUT2D eigenvalue weighted by atomic mass is 32.3. The molecular formula is C26H43NO9S. The van der Waals surface area contributed by atoms with Gasteiger partial charge >= 0.3 is 16.4 Å². The van der Waals surface area contributed by atoms with E-state index < -0.39 is 40.5 Å². The molecule has 4 aliphatic carbocycles. The molecule has 5 N–H and O–H groups in total. The number of rotatable bonds is 8. The van der Waals surface area contributed by atoms with Gasteiger partial charge < -0.3 is 20.6 Å². The van der Waals surface area contributed by atoms with E-state index in [0.717, 1.165) is 19.3 Å². The van der Waals surface area contributed by atoms with E-state index in [-0.39, 0.29) is 59.4 Å². The lowest BCUT2D eigenvalue weighted by molar-refractivity contribution is -0.202. The van der Waals surface area contributed by atoms with Gasteiger partial charge in [-0.15, -0.1) is 0 Å². The smallest absolute Gasteiger partial charge is 0.397 e. The fraction of sp³-hybridized carbons (Fsp3) is 0.923. The molecular weight excluding hydrogens is 502 g/mol.